The van der Waals surface area contributed by atoms with Crippen molar-refractivity contribution in [1.82, 2.24) is 10.2 Å². The average Bonchev–Trinajstić information content (AvgIpc) is 2.61. The Kier molecular flexibility index (Phi) is 6.16. The second kappa shape index (κ2) is 7.14. The summed E-state index contributed by atoms with van der Waals surface area (Å²) in [5, 5.41) is 3.40. The van der Waals surface area contributed by atoms with Crippen molar-refractivity contribution < 1.29 is 13.5 Å². The van der Waals surface area contributed by atoms with E-state index >= 15 is 0 Å². The lowest BCUT2D eigenvalue weighted by Gasteiger charge is -2.24. The van der Waals surface area contributed by atoms with Crippen LogP contribution in [0.4, 0.5) is 8.78 Å². The van der Waals surface area contributed by atoms with Crippen molar-refractivity contribution in [3.05, 3.63) is 0 Å². The van der Waals surface area contributed by atoms with Crippen molar-refractivity contribution in [3.8, 4) is 0 Å². The molecule has 0 aromatic heterocycles. The maximum atomic E-state index is 12.2. The van der Waals surface area contributed by atoms with Gasteiger partial charge >= 0.3 is 0 Å². The summed E-state index contributed by atoms with van der Waals surface area (Å²) < 4.78 is 29.7. The molecule has 3 nitrogen and oxygen atoms in total. The van der Waals surface area contributed by atoms with Gasteiger partial charge in [-0.2, -0.15) is 0 Å². The Bertz CT molecular complexity index is 193. The van der Waals surface area contributed by atoms with Gasteiger partial charge in [0, 0.05) is 18.5 Å². The van der Waals surface area contributed by atoms with Gasteiger partial charge in [0.2, 0.25) is 0 Å². The lowest BCUT2D eigenvalue weighted by atomic mass is 10.0. The summed E-state index contributed by atoms with van der Waals surface area (Å²) >= 11 is 0. The zero-order valence-corrected chi connectivity index (χ0v) is 10.1. The molecule has 1 rings (SSSR count). The summed E-state index contributed by atoms with van der Waals surface area (Å²) in [6.07, 6.45) is -1.18. The molecule has 1 aliphatic heterocycles. The fraction of sp³-hybridized carbons (Fsp3) is 1.00. The molecule has 2 unspecified atom stereocenters. The average molecular weight is 236 g/mol. The number of ether oxygens (including phenoxy) is 1. The molecular formula is C11H22F2N2O. The summed E-state index contributed by atoms with van der Waals surface area (Å²) in [7, 11) is 1.74. The van der Waals surface area contributed by atoms with Crippen LogP contribution < -0.4 is 5.32 Å². The van der Waals surface area contributed by atoms with Crippen LogP contribution >= 0.6 is 0 Å². The molecule has 1 aliphatic rings. The predicted molar refractivity (Wildman–Crippen MR) is 59.9 cm³/mol. The largest absolute Gasteiger partial charge is 0.379 e. The lowest BCUT2D eigenvalue weighted by molar-refractivity contribution is 0.0894. The van der Waals surface area contributed by atoms with Gasteiger partial charge < -0.3 is 15.0 Å². The number of nitrogens with zero attached hydrogens (tertiary/aromatic N) is 1. The second-order valence-electron chi connectivity index (χ2n) is 4.47. The fourth-order valence-electron chi connectivity index (χ4n) is 2.04. The van der Waals surface area contributed by atoms with Gasteiger partial charge in [0.25, 0.3) is 6.43 Å². The van der Waals surface area contributed by atoms with Crippen molar-refractivity contribution in [1.29, 1.82) is 0 Å². The zero-order valence-electron chi connectivity index (χ0n) is 10.1. The van der Waals surface area contributed by atoms with Crippen LogP contribution in [0.25, 0.3) is 0 Å². The second-order valence-corrected chi connectivity index (χ2v) is 4.47. The molecule has 0 aliphatic carbocycles. The van der Waals surface area contributed by atoms with Crippen LogP contribution in [0.15, 0.2) is 0 Å². The van der Waals surface area contributed by atoms with E-state index in [4.69, 9.17) is 4.74 Å². The lowest BCUT2D eigenvalue weighted by Crippen LogP contribution is -2.42. The quantitative estimate of drug-likeness (QED) is 0.719. The summed E-state index contributed by atoms with van der Waals surface area (Å²) in [6, 6.07) is 0.320. The Morgan fingerprint density at radius 2 is 2.19 bits per heavy atom. The molecule has 0 aromatic rings. The van der Waals surface area contributed by atoms with Crippen LogP contribution in [0.3, 0.4) is 0 Å². The van der Waals surface area contributed by atoms with Crippen LogP contribution in [0, 0.1) is 5.92 Å². The normalized spacial score (nSPS) is 25.9. The monoisotopic (exact) mass is 236 g/mol. The Morgan fingerprint density at radius 3 is 2.81 bits per heavy atom. The summed E-state index contributed by atoms with van der Waals surface area (Å²) in [4.78, 5) is 1.69. The van der Waals surface area contributed by atoms with Gasteiger partial charge in [0.05, 0.1) is 19.8 Å². The number of alkyl halides is 2. The van der Waals surface area contributed by atoms with Crippen LogP contribution in [-0.4, -0.2) is 57.3 Å². The van der Waals surface area contributed by atoms with Gasteiger partial charge in [-0.3, -0.25) is 0 Å². The molecule has 16 heavy (non-hydrogen) atoms. The third-order valence-corrected chi connectivity index (χ3v) is 2.85. The van der Waals surface area contributed by atoms with E-state index in [1.807, 2.05) is 0 Å². The van der Waals surface area contributed by atoms with E-state index in [9.17, 15) is 8.78 Å². The van der Waals surface area contributed by atoms with Crippen LogP contribution in [-0.2, 0) is 4.74 Å². The molecule has 0 aromatic carbocycles. The third kappa shape index (κ3) is 4.72. The number of hydrogen-bond acceptors (Lipinski definition) is 3. The van der Waals surface area contributed by atoms with E-state index in [1.54, 1.807) is 11.9 Å². The van der Waals surface area contributed by atoms with E-state index in [-0.39, 0.29) is 6.54 Å². The molecule has 1 N–H and O–H groups in total. The van der Waals surface area contributed by atoms with Gasteiger partial charge in [-0.1, -0.05) is 6.92 Å². The minimum absolute atomic E-state index is 0.156. The van der Waals surface area contributed by atoms with Crippen molar-refractivity contribution in [2.45, 2.75) is 25.8 Å². The van der Waals surface area contributed by atoms with Crippen molar-refractivity contribution in [2.75, 3.05) is 39.9 Å². The van der Waals surface area contributed by atoms with Crippen LogP contribution in [0.2, 0.25) is 0 Å². The first-order valence-electron chi connectivity index (χ1n) is 5.91. The summed E-state index contributed by atoms with van der Waals surface area (Å²) in [5.41, 5.74) is 0. The zero-order chi connectivity index (χ0) is 12.0. The van der Waals surface area contributed by atoms with Crippen molar-refractivity contribution >= 4 is 0 Å². The Hall–Kier alpha value is -0.260. The highest BCUT2D eigenvalue weighted by molar-refractivity contribution is 4.83. The van der Waals surface area contributed by atoms with Gasteiger partial charge in [0.15, 0.2) is 0 Å². The first-order valence-corrected chi connectivity index (χ1v) is 5.91. The summed E-state index contributed by atoms with van der Waals surface area (Å²) in [5.74, 6) is 0.329. The maximum Gasteiger partial charge on any atom is 0.251 e. The van der Waals surface area contributed by atoms with Crippen LogP contribution in [0.5, 0.6) is 0 Å². The summed E-state index contributed by atoms with van der Waals surface area (Å²) in [6.45, 7) is 4.97. The molecule has 0 saturated carbocycles. The minimum atomic E-state index is -2.26. The number of halogens is 2. The molecular weight excluding hydrogens is 214 g/mol. The van der Waals surface area contributed by atoms with Crippen LogP contribution in [0.1, 0.15) is 13.3 Å². The smallest absolute Gasteiger partial charge is 0.251 e. The highest BCUT2D eigenvalue weighted by Gasteiger charge is 2.28. The molecule has 0 spiro atoms. The molecule has 96 valence electrons. The minimum Gasteiger partial charge on any atom is -0.379 e. The van der Waals surface area contributed by atoms with E-state index in [1.165, 1.54) is 0 Å². The van der Waals surface area contributed by atoms with Crippen molar-refractivity contribution in [2.24, 2.45) is 5.92 Å². The number of hydrogen-bond donors (Lipinski definition) is 1. The Morgan fingerprint density at radius 1 is 1.44 bits per heavy atom. The maximum absolute atomic E-state index is 12.2. The molecule has 0 bridgehead atoms. The van der Waals surface area contributed by atoms with Gasteiger partial charge in [-0.05, 0) is 20.0 Å². The first kappa shape index (κ1) is 13.8. The molecule has 1 saturated heterocycles. The molecule has 2 atom stereocenters. The van der Waals surface area contributed by atoms with E-state index in [0.717, 1.165) is 13.0 Å². The first-order chi connectivity index (χ1) is 7.63. The highest BCUT2D eigenvalue weighted by atomic mass is 19.3. The standard InChI is InChI=1S/C11H22F2N2O/c1-3-4-14-10-8-16-7-9(10)5-15(2)6-11(12)13/h9-11,14H,3-8H2,1-2H3. The highest BCUT2D eigenvalue weighted by Crippen LogP contribution is 2.15. The SMILES string of the molecule is CCCNC1COCC1CN(C)CC(F)F. The fourth-order valence-corrected chi connectivity index (χ4v) is 2.04. The van der Waals surface area contributed by atoms with E-state index in [2.05, 4.69) is 12.2 Å². The topological polar surface area (TPSA) is 24.5 Å². The number of nitrogens with one attached hydrogen (secondary N) is 1. The van der Waals surface area contributed by atoms with Gasteiger partial charge in [0.1, 0.15) is 0 Å². The van der Waals surface area contributed by atoms with E-state index in [0.29, 0.717) is 31.7 Å². The molecule has 1 heterocycles. The Labute approximate surface area is 96.1 Å². The third-order valence-electron chi connectivity index (χ3n) is 2.85. The molecule has 5 heteroatoms. The number of rotatable bonds is 7. The molecule has 0 radical (unpaired) electrons. The molecule has 0 amide bonds. The van der Waals surface area contributed by atoms with Gasteiger partial charge in [-0.25, -0.2) is 8.78 Å². The predicted octanol–water partition coefficient (Wildman–Crippen LogP) is 1.20. The Balaban J connectivity index is 2.28. The van der Waals surface area contributed by atoms with E-state index < -0.39 is 6.43 Å². The van der Waals surface area contributed by atoms with Crippen molar-refractivity contribution in [3.63, 3.8) is 0 Å². The molecule has 1 fully saturated rings. The van der Waals surface area contributed by atoms with Gasteiger partial charge in [-0.15, -0.1) is 0 Å².